The van der Waals surface area contributed by atoms with Crippen LogP contribution in [0.5, 0.6) is 11.5 Å². The Kier molecular flexibility index (Phi) is 3.80. The lowest BCUT2D eigenvalue weighted by Crippen LogP contribution is -2.05. The van der Waals surface area contributed by atoms with E-state index in [2.05, 4.69) is 10.4 Å². The van der Waals surface area contributed by atoms with Crippen molar-refractivity contribution < 1.29 is 13.9 Å². The summed E-state index contributed by atoms with van der Waals surface area (Å²) in [6.07, 6.45) is 0.832. The molecule has 1 aromatic heterocycles. The standard InChI is InChI=1S/C19H18FN3O2/c1-24-13-9-12(10-14(11-13)25-2)18-15-7-8-21-19(15)23(22-18)17-6-4-3-5-16(17)20/h3-6,9-11,21H,7-8H2,1-2H3. The number of benzene rings is 2. The summed E-state index contributed by atoms with van der Waals surface area (Å²) >= 11 is 0. The molecule has 1 aliphatic heterocycles. The van der Waals surface area contributed by atoms with Crippen molar-refractivity contribution in [1.29, 1.82) is 0 Å². The predicted molar refractivity (Wildman–Crippen MR) is 94.3 cm³/mol. The molecule has 0 spiro atoms. The third-order valence-corrected chi connectivity index (χ3v) is 4.36. The van der Waals surface area contributed by atoms with Gasteiger partial charge in [0.05, 0.1) is 19.9 Å². The van der Waals surface area contributed by atoms with Gasteiger partial charge in [0.25, 0.3) is 0 Å². The van der Waals surface area contributed by atoms with Crippen molar-refractivity contribution in [3.8, 4) is 28.4 Å². The van der Waals surface area contributed by atoms with Crippen LogP contribution in [-0.2, 0) is 6.42 Å². The van der Waals surface area contributed by atoms with E-state index in [1.54, 1.807) is 37.1 Å². The van der Waals surface area contributed by atoms with E-state index >= 15 is 0 Å². The van der Waals surface area contributed by atoms with Crippen molar-refractivity contribution in [3.05, 3.63) is 53.8 Å². The average Bonchev–Trinajstić information content (AvgIpc) is 3.24. The van der Waals surface area contributed by atoms with E-state index in [9.17, 15) is 4.39 Å². The summed E-state index contributed by atoms with van der Waals surface area (Å²) < 4.78 is 26.6. The second kappa shape index (κ2) is 6.12. The fourth-order valence-electron chi connectivity index (χ4n) is 3.15. The molecule has 1 aliphatic rings. The van der Waals surface area contributed by atoms with Gasteiger partial charge in [-0.2, -0.15) is 5.10 Å². The molecule has 25 heavy (non-hydrogen) atoms. The van der Waals surface area contributed by atoms with E-state index in [0.29, 0.717) is 17.2 Å². The van der Waals surface area contributed by atoms with Crippen molar-refractivity contribution >= 4 is 5.82 Å². The van der Waals surface area contributed by atoms with Crippen LogP contribution in [0.4, 0.5) is 10.2 Å². The summed E-state index contributed by atoms with van der Waals surface area (Å²) in [5, 5.41) is 8.00. The van der Waals surface area contributed by atoms with Crippen molar-refractivity contribution in [1.82, 2.24) is 9.78 Å². The second-order valence-electron chi connectivity index (χ2n) is 5.82. The zero-order valence-electron chi connectivity index (χ0n) is 14.0. The minimum absolute atomic E-state index is 0.309. The zero-order chi connectivity index (χ0) is 17.4. The van der Waals surface area contributed by atoms with Crippen molar-refractivity contribution in [2.75, 3.05) is 26.1 Å². The molecule has 0 amide bonds. The van der Waals surface area contributed by atoms with E-state index < -0.39 is 0 Å². The summed E-state index contributed by atoms with van der Waals surface area (Å²) in [5.74, 6) is 1.90. The SMILES string of the molecule is COc1cc(OC)cc(-c2nn(-c3ccccc3F)c3c2CCN3)c1. The van der Waals surface area contributed by atoms with Crippen LogP contribution in [-0.4, -0.2) is 30.5 Å². The number of nitrogens with zero attached hydrogens (tertiary/aromatic N) is 2. The lowest BCUT2D eigenvalue weighted by atomic mass is 10.1. The lowest BCUT2D eigenvalue weighted by Gasteiger charge is -2.08. The van der Waals surface area contributed by atoms with Gasteiger partial charge in [0, 0.05) is 23.7 Å². The minimum Gasteiger partial charge on any atom is -0.497 e. The molecule has 4 rings (SSSR count). The molecule has 128 valence electrons. The first kappa shape index (κ1) is 15.5. The summed E-state index contributed by atoms with van der Waals surface area (Å²) in [4.78, 5) is 0. The highest BCUT2D eigenvalue weighted by Gasteiger charge is 2.25. The highest BCUT2D eigenvalue weighted by Crippen LogP contribution is 2.37. The molecular weight excluding hydrogens is 321 g/mol. The predicted octanol–water partition coefficient (Wildman–Crippen LogP) is 3.66. The van der Waals surface area contributed by atoms with Gasteiger partial charge >= 0.3 is 0 Å². The number of rotatable bonds is 4. The Labute approximate surface area is 145 Å². The number of ether oxygens (including phenoxy) is 2. The maximum absolute atomic E-state index is 14.3. The third kappa shape index (κ3) is 2.59. The molecule has 2 heterocycles. The first-order valence-electron chi connectivity index (χ1n) is 8.05. The minimum atomic E-state index is -0.309. The number of aromatic nitrogens is 2. The molecule has 0 aliphatic carbocycles. The average molecular weight is 339 g/mol. The van der Waals surface area contributed by atoms with Gasteiger partial charge in [-0.15, -0.1) is 0 Å². The van der Waals surface area contributed by atoms with Gasteiger partial charge < -0.3 is 14.8 Å². The Morgan fingerprint density at radius 3 is 2.48 bits per heavy atom. The van der Waals surface area contributed by atoms with Gasteiger partial charge in [-0.25, -0.2) is 9.07 Å². The van der Waals surface area contributed by atoms with Crippen LogP contribution in [0.15, 0.2) is 42.5 Å². The van der Waals surface area contributed by atoms with Crippen LogP contribution in [0.2, 0.25) is 0 Å². The van der Waals surface area contributed by atoms with Gasteiger partial charge in [0.15, 0.2) is 0 Å². The van der Waals surface area contributed by atoms with Crippen LogP contribution < -0.4 is 14.8 Å². The van der Waals surface area contributed by atoms with E-state index in [1.165, 1.54) is 6.07 Å². The van der Waals surface area contributed by atoms with Crippen LogP contribution in [0.3, 0.4) is 0 Å². The van der Waals surface area contributed by atoms with E-state index in [0.717, 1.165) is 35.6 Å². The van der Waals surface area contributed by atoms with Crippen molar-refractivity contribution in [2.45, 2.75) is 6.42 Å². The molecule has 1 N–H and O–H groups in total. The zero-order valence-corrected chi connectivity index (χ0v) is 14.0. The lowest BCUT2D eigenvalue weighted by molar-refractivity contribution is 0.394. The van der Waals surface area contributed by atoms with E-state index in [1.807, 2.05) is 18.2 Å². The van der Waals surface area contributed by atoms with Crippen molar-refractivity contribution in [2.24, 2.45) is 0 Å². The number of anilines is 1. The monoisotopic (exact) mass is 339 g/mol. The highest BCUT2D eigenvalue weighted by atomic mass is 19.1. The van der Waals surface area contributed by atoms with Crippen LogP contribution in [0, 0.1) is 5.82 Å². The Morgan fingerprint density at radius 2 is 1.80 bits per heavy atom. The second-order valence-corrected chi connectivity index (χ2v) is 5.82. The maximum Gasteiger partial charge on any atom is 0.148 e. The number of methoxy groups -OCH3 is 2. The molecule has 0 bridgehead atoms. The molecular formula is C19H18FN3O2. The number of hydrogen-bond acceptors (Lipinski definition) is 4. The fraction of sp³-hybridized carbons (Fsp3) is 0.211. The van der Waals surface area contributed by atoms with Gasteiger partial charge in [0.2, 0.25) is 0 Å². The van der Waals surface area contributed by atoms with Gasteiger partial charge in [-0.05, 0) is 30.7 Å². The van der Waals surface area contributed by atoms with Gasteiger partial charge in [0.1, 0.15) is 28.8 Å². The molecule has 3 aromatic rings. The Hall–Kier alpha value is -3.02. The molecule has 0 unspecified atom stereocenters. The summed E-state index contributed by atoms with van der Waals surface area (Å²) in [7, 11) is 3.23. The Balaban J connectivity index is 1.90. The highest BCUT2D eigenvalue weighted by molar-refractivity contribution is 5.74. The summed E-state index contributed by atoms with van der Waals surface area (Å²) in [6, 6.07) is 12.3. The van der Waals surface area contributed by atoms with Crippen LogP contribution in [0.25, 0.3) is 16.9 Å². The first-order valence-corrected chi connectivity index (χ1v) is 8.05. The van der Waals surface area contributed by atoms with E-state index in [4.69, 9.17) is 9.47 Å². The first-order chi connectivity index (χ1) is 12.2. The molecule has 0 radical (unpaired) electrons. The molecule has 0 saturated carbocycles. The molecule has 2 aromatic carbocycles. The van der Waals surface area contributed by atoms with Gasteiger partial charge in [-0.3, -0.25) is 0 Å². The fourth-order valence-corrected chi connectivity index (χ4v) is 3.15. The maximum atomic E-state index is 14.3. The number of halogens is 1. The molecule has 6 heteroatoms. The quantitative estimate of drug-likeness (QED) is 0.788. The number of fused-ring (bicyclic) bond motifs is 1. The van der Waals surface area contributed by atoms with Crippen LogP contribution in [0.1, 0.15) is 5.56 Å². The Bertz CT molecular complexity index is 914. The molecule has 0 atom stereocenters. The van der Waals surface area contributed by atoms with Crippen molar-refractivity contribution in [3.63, 3.8) is 0 Å². The number of para-hydroxylation sites is 1. The molecule has 5 nitrogen and oxygen atoms in total. The summed E-state index contributed by atoms with van der Waals surface area (Å²) in [5.41, 5.74) is 3.18. The number of hydrogen-bond donors (Lipinski definition) is 1. The third-order valence-electron chi connectivity index (χ3n) is 4.36. The molecule has 0 fully saturated rings. The van der Waals surface area contributed by atoms with E-state index in [-0.39, 0.29) is 5.82 Å². The summed E-state index contributed by atoms with van der Waals surface area (Å²) in [6.45, 7) is 0.801. The number of nitrogens with one attached hydrogen (secondary N) is 1. The van der Waals surface area contributed by atoms with Crippen LogP contribution >= 0.6 is 0 Å². The topological polar surface area (TPSA) is 48.3 Å². The molecule has 0 saturated heterocycles. The smallest absolute Gasteiger partial charge is 0.148 e. The normalized spacial score (nSPS) is 12.6. The largest absolute Gasteiger partial charge is 0.497 e. The Morgan fingerprint density at radius 1 is 1.08 bits per heavy atom. The van der Waals surface area contributed by atoms with Gasteiger partial charge in [-0.1, -0.05) is 12.1 Å².